The number of oxime groups is 1. The highest BCUT2D eigenvalue weighted by atomic mass is 19.2. The van der Waals surface area contributed by atoms with Gasteiger partial charge < -0.3 is 4.84 Å². The van der Waals surface area contributed by atoms with Gasteiger partial charge in [0.1, 0.15) is 6.61 Å². The third-order valence-corrected chi connectivity index (χ3v) is 1.55. The van der Waals surface area contributed by atoms with Gasteiger partial charge in [0.2, 0.25) is 0 Å². The average Bonchev–Trinajstić information content (AvgIpc) is 2.18. The Labute approximate surface area is 81.2 Å². The molecule has 76 valence electrons. The quantitative estimate of drug-likeness (QED) is 0.539. The van der Waals surface area contributed by atoms with Gasteiger partial charge in [-0.15, -0.1) is 0 Å². The summed E-state index contributed by atoms with van der Waals surface area (Å²) in [7, 11) is 0. The van der Waals surface area contributed by atoms with Crippen LogP contribution in [-0.4, -0.2) is 6.21 Å². The van der Waals surface area contributed by atoms with E-state index < -0.39 is 11.6 Å². The van der Waals surface area contributed by atoms with Crippen molar-refractivity contribution >= 4 is 6.21 Å². The standard InChI is InChI=1S/C10H11F2NO/c1-2-5-13-14-7-8-3-4-9(11)10(12)6-8/h3-6H,2,7H2,1H3. The average molecular weight is 199 g/mol. The lowest BCUT2D eigenvalue weighted by molar-refractivity contribution is 0.131. The molecule has 1 rings (SSSR count). The molecule has 14 heavy (non-hydrogen) atoms. The van der Waals surface area contributed by atoms with Crippen molar-refractivity contribution in [2.75, 3.05) is 0 Å². The molecular weight excluding hydrogens is 188 g/mol. The van der Waals surface area contributed by atoms with Crippen LogP contribution in [0.4, 0.5) is 8.78 Å². The number of nitrogens with zero attached hydrogens (tertiary/aromatic N) is 1. The summed E-state index contributed by atoms with van der Waals surface area (Å²) in [4.78, 5) is 4.84. The van der Waals surface area contributed by atoms with Crippen LogP contribution in [0.5, 0.6) is 0 Å². The van der Waals surface area contributed by atoms with Crippen LogP contribution in [0.1, 0.15) is 18.9 Å². The molecule has 0 aliphatic carbocycles. The molecule has 4 heteroatoms. The van der Waals surface area contributed by atoms with E-state index in [9.17, 15) is 8.78 Å². The van der Waals surface area contributed by atoms with Gasteiger partial charge in [0.25, 0.3) is 0 Å². The zero-order valence-corrected chi connectivity index (χ0v) is 7.84. The molecule has 2 nitrogen and oxygen atoms in total. The van der Waals surface area contributed by atoms with Crippen LogP contribution in [0.3, 0.4) is 0 Å². The molecule has 0 aromatic heterocycles. The van der Waals surface area contributed by atoms with Gasteiger partial charge in [0, 0.05) is 6.21 Å². The first-order valence-electron chi connectivity index (χ1n) is 4.31. The van der Waals surface area contributed by atoms with E-state index in [0.717, 1.165) is 18.6 Å². The van der Waals surface area contributed by atoms with Crippen molar-refractivity contribution in [1.29, 1.82) is 0 Å². The molecule has 0 unspecified atom stereocenters. The number of hydrogen-bond acceptors (Lipinski definition) is 2. The van der Waals surface area contributed by atoms with Crippen molar-refractivity contribution in [3.8, 4) is 0 Å². The van der Waals surface area contributed by atoms with Crippen molar-refractivity contribution in [3.05, 3.63) is 35.4 Å². The topological polar surface area (TPSA) is 21.6 Å². The van der Waals surface area contributed by atoms with E-state index in [4.69, 9.17) is 4.84 Å². The Balaban J connectivity index is 2.51. The van der Waals surface area contributed by atoms with Crippen LogP contribution in [0.25, 0.3) is 0 Å². The zero-order valence-electron chi connectivity index (χ0n) is 7.84. The van der Waals surface area contributed by atoms with E-state index in [0.29, 0.717) is 5.56 Å². The van der Waals surface area contributed by atoms with Crippen LogP contribution < -0.4 is 0 Å². The molecule has 0 saturated carbocycles. The molecule has 0 aliphatic heterocycles. The Morgan fingerprint density at radius 1 is 1.36 bits per heavy atom. The lowest BCUT2D eigenvalue weighted by Gasteiger charge is -2.00. The second-order valence-electron chi connectivity index (χ2n) is 2.72. The summed E-state index contributed by atoms with van der Waals surface area (Å²) in [5.74, 6) is -1.73. The molecule has 0 amide bonds. The van der Waals surface area contributed by atoms with Crippen LogP contribution in [0.2, 0.25) is 0 Å². The first-order valence-corrected chi connectivity index (χ1v) is 4.31. The second kappa shape index (κ2) is 5.32. The smallest absolute Gasteiger partial charge is 0.159 e. The fraction of sp³-hybridized carbons (Fsp3) is 0.300. The van der Waals surface area contributed by atoms with Crippen molar-refractivity contribution in [2.45, 2.75) is 20.0 Å². The van der Waals surface area contributed by atoms with Crippen LogP contribution >= 0.6 is 0 Å². The maximum absolute atomic E-state index is 12.7. The number of hydrogen-bond donors (Lipinski definition) is 0. The monoisotopic (exact) mass is 199 g/mol. The minimum Gasteiger partial charge on any atom is -0.391 e. The summed E-state index contributed by atoms with van der Waals surface area (Å²) in [6.07, 6.45) is 2.37. The summed E-state index contributed by atoms with van der Waals surface area (Å²) in [5, 5.41) is 3.60. The third kappa shape index (κ3) is 3.12. The summed E-state index contributed by atoms with van der Waals surface area (Å²) in [5.41, 5.74) is 0.553. The van der Waals surface area contributed by atoms with Gasteiger partial charge in [-0.3, -0.25) is 0 Å². The van der Waals surface area contributed by atoms with E-state index in [1.807, 2.05) is 6.92 Å². The molecule has 0 N–H and O–H groups in total. The maximum Gasteiger partial charge on any atom is 0.159 e. The van der Waals surface area contributed by atoms with Crippen molar-refractivity contribution in [1.82, 2.24) is 0 Å². The SMILES string of the molecule is CCC=NOCc1ccc(F)c(F)c1. The normalized spacial score (nSPS) is 10.8. The predicted molar refractivity (Wildman–Crippen MR) is 49.9 cm³/mol. The lowest BCUT2D eigenvalue weighted by Crippen LogP contribution is -1.91. The predicted octanol–water partition coefficient (Wildman–Crippen LogP) is 2.88. The summed E-state index contributed by atoms with van der Waals surface area (Å²) in [6, 6.07) is 3.62. The Morgan fingerprint density at radius 3 is 2.79 bits per heavy atom. The zero-order chi connectivity index (χ0) is 10.4. The van der Waals surface area contributed by atoms with Gasteiger partial charge in [-0.25, -0.2) is 8.78 Å². The van der Waals surface area contributed by atoms with E-state index in [2.05, 4.69) is 5.16 Å². The summed E-state index contributed by atoms with van der Waals surface area (Å²) in [6.45, 7) is 2.07. The Morgan fingerprint density at radius 2 is 2.14 bits per heavy atom. The molecule has 0 spiro atoms. The first kappa shape index (κ1) is 10.6. The molecule has 1 aromatic rings. The van der Waals surface area contributed by atoms with E-state index in [-0.39, 0.29) is 6.61 Å². The second-order valence-corrected chi connectivity index (χ2v) is 2.72. The molecule has 0 fully saturated rings. The fourth-order valence-electron chi connectivity index (χ4n) is 0.868. The summed E-state index contributed by atoms with van der Waals surface area (Å²) >= 11 is 0. The van der Waals surface area contributed by atoms with Crippen molar-refractivity contribution < 1.29 is 13.6 Å². The van der Waals surface area contributed by atoms with Gasteiger partial charge in [-0.2, -0.15) is 0 Å². The molecule has 0 bridgehead atoms. The molecule has 1 aromatic carbocycles. The number of benzene rings is 1. The highest BCUT2D eigenvalue weighted by Crippen LogP contribution is 2.09. The van der Waals surface area contributed by atoms with Crippen molar-refractivity contribution in [2.24, 2.45) is 5.16 Å². The largest absolute Gasteiger partial charge is 0.391 e. The van der Waals surface area contributed by atoms with Crippen LogP contribution in [0.15, 0.2) is 23.4 Å². The maximum atomic E-state index is 12.7. The van der Waals surface area contributed by atoms with E-state index in [1.54, 1.807) is 6.21 Å². The Kier molecular flexibility index (Phi) is 4.04. The van der Waals surface area contributed by atoms with Gasteiger partial charge in [0.15, 0.2) is 11.6 Å². The summed E-state index contributed by atoms with van der Waals surface area (Å²) < 4.78 is 25.2. The van der Waals surface area contributed by atoms with Gasteiger partial charge >= 0.3 is 0 Å². The molecule has 0 radical (unpaired) electrons. The molecule has 0 atom stereocenters. The van der Waals surface area contributed by atoms with E-state index in [1.165, 1.54) is 6.07 Å². The van der Waals surface area contributed by atoms with Gasteiger partial charge in [-0.05, 0) is 24.1 Å². The highest BCUT2D eigenvalue weighted by Gasteiger charge is 2.01. The van der Waals surface area contributed by atoms with Crippen LogP contribution in [-0.2, 0) is 11.4 Å². The van der Waals surface area contributed by atoms with E-state index >= 15 is 0 Å². The number of halogens is 2. The van der Waals surface area contributed by atoms with Crippen LogP contribution in [0, 0.1) is 11.6 Å². The van der Waals surface area contributed by atoms with Crippen molar-refractivity contribution in [3.63, 3.8) is 0 Å². The lowest BCUT2D eigenvalue weighted by atomic mass is 10.2. The molecule has 0 saturated heterocycles. The molecule has 0 heterocycles. The Hall–Kier alpha value is -1.45. The number of rotatable bonds is 4. The molecule has 0 aliphatic rings. The Bertz CT molecular complexity index is 326. The first-order chi connectivity index (χ1) is 6.74. The fourth-order valence-corrected chi connectivity index (χ4v) is 0.868. The minimum absolute atomic E-state index is 0.147. The van der Waals surface area contributed by atoms with Gasteiger partial charge in [0.05, 0.1) is 0 Å². The third-order valence-electron chi connectivity index (χ3n) is 1.55. The molecular formula is C10H11F2NO. The highest BCUT2D eigenvalue weighted by molar-refractivity contribution is 5.55. The minimum atomic E-state index is -0.870. The van der Waals surface area contributed by atoms with Gasteiger partial charge in [-0.1, -0.05) is 18.1 Å².